The number of hydrogen-bond acceptors (Lipinski definition) is 4. The molecule has 18 heavy (non-hydrogen) atoms. The van der Waals surface area contributed by atoms with E-state index in [0.29, 0.717) is 18.5 Å². The van der Waals surface area contributed by atoms with E-state index >= 15 is 0 Å². The summed E-state index contributed by atoms with van der Waals surface area (Å²) in [5, 5.41) is 10.2. The maximum atomic E-state index is 13.8. The lowest BCUT2D eigenvalue weighted by molar-refractivity contribution is -0.125. The Morgan fingerprint density at radius 3 is 2.67 bits per heavy atom. The molecule has 0 amide bonds. The van der Waals surface area contributed by atoms with Crippen LogP contribution in [0, 0.1) is 0 Å². The van der Waals surface area contributed by atoms with Crippen LogP contribution in [-0.2, 0) is 4.74 Å². The van der Waals surface area contributed by atoms with Gasteiger partial charge in [-0.25, -0.2) is 9.18 Å². The molecular formula is C13H16FNO3. The van der Waals surface area contributed by atoms with Gasteiger partial charge in [0.1, 0.15) is 6.17 Å². The Balaban J connectivity index is 2.12. The number of carbonyl (C=O) groups excluding carboxylic acids is 1. The summed E-state index contributed by atoms with van der Waals surface area (Å²) >= 11 is 0. The summed E-state index contributed by atoms with van der Waals surface area (Å²) in [4.78, 5) is 11.3. The molecule has 2 rings (SSSR count). The van der Waals surface area contributed by atoms with Gasteiger partial charge in [-0.05, 0) is 24.1 Å². The minimum atomic E-state index is -1.09. The molecule has 1 heterocycles. The van der Waals surface area contributed by atoms with E-state index in [0.717, 1.165) is 10.6 Å². The van der Waals surface area contributed by atoms with Crippen molar-refractivity contribution in [1.82, 2.24) is 5.06 Å². The molecule has 1 aromatic carbocycles. The van der Waals surface area contributed by atoms with Gasteiger partial charge in [-0.1, -0.05) is 12.1 Å². The summed E-state index contributed by atoms with van der Waals surface area (Å²) < 4.78 is 18.4. The predicted molar refractivity (Wildman–Crippen MR) is 63.4 cm³/mol. The van der Waals surface area contributed by atoms with Crippen LogP contribution < -0.4 is 0 Å². The molecule has 1 N–H and O–H groups in total. The summed E-state index contributed by atoms with van der Waals surface area (Å²) in [6.45, 7) is 0.493. The molecule has 0 bridgehead atoms. The number of benzene rings is 1. The Morgan fingerprint density at radius 1 is 1.44 bits per heavy atom. The van der Waals surface area contributed by atoms with Crippen LogP contribution in [0.4, 0.5) is 4.39 Å². The lowest BCUT2D eigenvalue weighted by atomic mass is 9.88. The number of nitrogens with zero attached hydrogens (tertiary/aromatic N) is 1. The van der Waals surface area contributed by atoms with Crippen molar-refractivity contribution in [3.8, 4) is 0 Å². The number of carbonyl (C=O) groups is 1. The number of hydroxylamine groups is 2. The monoisotopic (exact) mass is 253 g/mol. The van der Waals surface area contributed by atoms with Crippen LogP contribution in [0.5, 0.6) is 0 Å². The Labute approximate surface area is 105 Å². The Bertz CT molecular complexity index is 421. The molecule has 1 fully saturated rings. The van der Waals surface area contributed by atoms with Gasteiger partial charge in [0.2, 0.25) is 0 Å². The predicted octanol–water partition coefficient (Wildman–Crippen LogP) is 1.99. The quantitative estimate of drug-likeness (QED) is 0.819. The standard InChI is InChI=1S/C13H16FNO3/c1-18-13(16)10-4-2-9(3-5-10)11-6-7-15(17)8-12(11)14/h2-5,11-12,17H,6-8H2,1H3. The number of hydrogen-bond donors (Lipinski definition) is 1. The molecule has 98 valence electrons. The molecule has 1 aliphatic rings. The highest BCUT2D eigenvalue weighted by atomic mass is 19.1. The molecule has 1 aliphatic heterocycles. The van der Waals surface area contributed by atoms with Crippen molar-refractivity contribution < 1.29 is 19.1 Å². The largest absolute Gasteiger partial charge is 0.465 e. The van der Waals surface area contributed by atoms with Crippen LogP contribution >= 0.6 is 0 Å². The molecule has 0 aromatic heterocycles. The first-order valence-electron chi connectivity index (χ1n) is 5.88. The molecule has 1 saturated heterocycles. The molecule has 0 saturated carbocycles. The van der Waals surface area contributed by atoms with Gasteiger partial charge in [0.25, 0.3) is 0 Å². The average Bonchev–Trinajstić information content (AvgIpc) is 2.38. The number of piperidine rings is 1. The van der Waals surface area contributed by atoms with Gasteiger partial charge in [0.05, 0.1) is 19.2 Å². The van der Waals surface area contributed by atoms with Crippen molar-refractivity contribution in [2.75, 3.05) is 20.2 Å². The van der Waals surface area contributed by atoms with Gasteiger partial charge in [-0.15, -0.1) is 0 Å². The summed E-state index contributed by atoms with van der Waals surface area (Å²) in [6, 6.07) is 6.77. The SMILES string of the molecule is COC(=O)c1ccc(C2CCN(O)CC2F)cc1. The Kier molecular flexibility index (Phi) is 3.93. The third kappa shape index (κ3) is 2.68. The van der Waals surface area contributed by atoms with Crippen LogP contribution in [0.1, 0.15) is 28.3 Å². The average molecular weight is 253 g/mol. The molecule has 4 nitrogen and oxygen atoms in total. The molecular weight excluding hydrogens is 237 g/mol. The van der Waals surface area contributed by atoms with Crippen molar-refractivity contribution in [3.05, 3.63) is 35.4 Å². The minimum absolute atomic E-state index is 0.0312. The number of rotatable bonds is 2. The maximum absolute atomic E-state index is 13.8. The second kappa shape index (κ2) is 5.46. The van der Waals surface area contributed by atoms with E-state index in [4.69, 9.17) is 0 Å². The van der Waals surface area contributed by atoms with Gasteiger partial charge >= 0.3 is 5.97 Å². The van der Waals surface area contributed by atoms with Crippen LogP contribution in [0.25, 0.3) is 0 Å². The lowest BCUT2D eigenvalue weighted by Gasteiger charge is -2.31. The summed E-state index contributed by atoms with van der Waals surface area (Å²) in [5.74, 6) is -0.622. The summed E-state index contributed by atoms with van der Waals surface area (Å²) in [5.41, 5.74) is 1.31. The molecule has 5 heteroatoms. The van der Waals surface area contributed by atoms with Gasteiger partial charge in [-0.3, -0.25) is 0 Å². The smallest absolute Gasteiger partial charge is 0.337 e. The van der Waals surface area contributed by atoms with Gasteiger partial charge < -0.3 is 9.94 Å². The number of esters is 1. The van der Waals surface area contributed by atoms with E-state index in [1.165, 1.54) is 7.11 Å². The highest BCUT2D eigenvalue weighted by Crippen LogP contribution is 2.30. The Morgan fingerprint density at radius 2 is 2.11 bits per heavy atom. The van der Waals surface area contributed by atoms with E-state index in [-0.39, 0.29) is 12.5 Å². The van der Waals surface area contributed by atoms with Crippen molar-refractivity contribution in [2.24, 2.45) is 0 Å². The van der Waals surface area contributed by atoms with E-state index in [1.54, 1.807) is 24.3 Å². The van der Waals surface area contributed by atoms with Crippen LogP contribution in [0.3, 0.4) is 0 Å². The van der Waals surface area contributed by atoms with Crippen LogP contribution in [0.2, 0.25) is 0 Å². The normalized spacial score (nSPS) is 24.8. The molecule has 2 atom stereocenters. The maximum Gasteiger partial charge on any atom is 0.337 e. The van der Waals surface area contributed by atoms with E-state index < -0.39 is 12.1 Å². The van der Waals surface area contributed by atoms with Crippen molar-refractivity contribution in [3.63, 3.8) is 0 Å². The van der Waals surface area contributed by atoms with Crippen molar-refractivity contribution in [1.29, 1.82) is 0 Å². The Hall–Kier alpha value is -1.46. The first-order valence-corrected chi connectivity index (χ1v) is 5.88. The number of ether oxygens (including phenoxy) is 1. The van der Waals surface area contributed by atoms with Gasteiger partial charge in [0.15, 0.2) is 0 Å². The highest BCUT2D eigenvalue weighted by molar-refractivity contribution is 5.89. The van der Waals surface area contributed by atoms with Gasteiger partial charge in [0, 0.05) is 12.5 Å². The molecule has 0 spiro atoms. The van der Waals surface area contributed by atoms with E-state index in [1.807, 2.05) is 0 Å². The van der Waals surface area contributed by atoms with Crippen molar-refractivity contribution >= 4 is 5.97 Å². The number of methoxy groups -OCH3 is 1. The molecule has 0 radical (unpaired) electrons. The minimum Gasteiger partial charge on any atom is -0.465 e. The summed E-state index contributed by atoms with van der Waals surface area (Å²) in [6.07, 6.45) is -0.525. The van der Waals surface area contributed by atoms with E-state index in [9.17, 15) is 14.4 Å². The van der Waals surface area contributed by atoms with E-state index in [2.05, 4.69) is 4.74 Å². The number of halogens is 1. The highest BCUT2D eigenvalue weighted by Gasteiger charge is 2.29. The topological polar surface area (TPSA) is 49.8 Å². The fourth-order valence-corrected chi connectivity index (χ4v) is 2.25. The first kappa shape index (κ1) is 13.0. The zero-order chi connectivity index (χ0) is 13.1. The molecule has 1 aromatic rings. The third-order valence-corrected chi connectivity index (χ3v) is 3.28. The summed E-state index contributed by atoms with van der Waals surface area (Å²) in [7, 11) is 1.32. The fraction of sp³-hybridized carbons (Fsp3) is 0.462. The third-order valence-electron chi connectivity index (χ3n) is 3.28. The zero-order valence-corrected chi connectivity index (χ0v) is 10.2. The second-order valence-electron chi connectivity index (χ2n) is 4.44. The van der Waals surface area contributed by atoms with Gasteiger partial charge in [-0.2, -0.15) is 5.06 Å². The fourth-order valence-electron chi connectivity index (χ4n) is 2.25. The zero-order valence-electron chi connectivity index (χ0n) is 10.2. The van der Waals surface area contributed by atoms with Crippen LogP contribution in [-0.4, -0.2) is 42.6 Å². The molecule has 2 unspecified atom stereocenters. The van der Waals surface area contributed by atoms with Crippen molar-refractivity contribution in [2.45, 2.75) is 18.5 Å². The molecule has 0 aliphatic carbocycles. The second-order valence-corrected chi connectivity index (χ2v) is 4.44. The first-order chi connectivity index (χ1) is 8.61. The number of alkyl halides is 1. The lowest BCUT2D eigenvalue weighted by Crippen LogP contribution is -2.38. The van der Waals surface area contributed by atoms with Crippen LogP contribution in [0.15, 0.2) is 24.3 Å².